The van der Waals surface area contributed by atoms with Crippen LogP contribution in [0.15, 0.2) is 34.4 Å². The average molecular weight is 249 g/mol. The third kappa shape index (κ3) is 4.08. The van der Waals surface area contributed by atoms with Crippen LogP contribution in [-0.4, -0.2) is 24.3 Å². The molecule has 0 aliphatic carbocycles. The van der Waals surface area contributed by atoms with E-state index in [4.69, 9.17) is 5.84 Å². The first-order valence-corrected chi connectivity index (χ1v) is 5.73. The van der Waals surface area contributed by atoms with Gasteiger partial charge in [0.15, 0.2) is 0 Å². The standard InChI is InChI=1S/C13H16FN3O/c1-2-3-12(9-18)16-8-13(17-15)10-4-6-11(14)7-5-10/h4-9,12H,2-3,15H2,1H3. The zero-order valence-corrected chi connectivity index (χ0v) is 10.2. The molecule has 0 aliphatic rings. The molecule has 18 heavy (non-hydrogen) atoms. The maximum atomic E-state index is 12.8. The highest BCUT2D eigenvalue weighted by molar-refractivity contribution is 6.38. The molecule has 4 nitrogen and oxygen atoms in total. The van der Waals surface area contributed by atoms with E-state index in [9.17, 15) is 9.18 Å². The molecule has 0 radical (unpaired) electrons. The lowest BCUT2D eigenvalue weighted by molar-refractivity contribution is -0.108. The Balaban J connectivity index is 2.82. The Morgan fingerprint density at radius 1 is 1.44 bits per heavy atom. The molecule has 1 aromatic rings. The molecule has 0 fully saturated rings. The molecule has 0 saturated heterocycles. The molecule has 1 unspecified atom stereocenters. The normalized spacial score (nSPS) is 13.8. The number of aliphatic imine (C=N–C) groups is 1. The van der Waals surface area contributed by atoms with Gasteiger partial charge in [-0.3, -0.25) is 4.99 Å². The van der Waals surface area contributed by atoms with Crippen molar-refractivity contribution in [2.45, 2.75) is 25.8 Å². The number of hydrazone groups is 1. The van der Waals surface area contributed by atoms with Gasteiger partial charge in [0, 0.05) is 5.56 Å². The zero-order chi connectivity index (χ0) is 13.4. The van der Waals surface area contributed by atoms with Crippen LogP contribution in [0.5, 0.6) is 0 Å². The van der Waals surface area contributed by atoms with E-state index in [2.05, 4.69) is 10.1 Å². The predicted octanol–water partition coefficient (Wildman–Crippen LogP) is 1.93. The van der Waals surface area contributed by atoms with Crippen molar-refractivity contribution < 1.29 is 9.18 Å². The Morgan fingerprint density at radius 2 is 2.11 bits per heavy atom. The Labute approximate surface area is 105 Å². The van der Waals surface area contributed by atoms with E-state index in [0.717, 1.165) is 12.7 Å². The predicted molar refractivity (Wildman–Crippen MR) is 70.4 cm³/mol. The third-order valence-corrected chi connectivity index (χ3v) is 2.41. The van der Waals surface area contributed by atoms with E-state index in [1.54, 1.807) is 12.1 Å². The number of aldehydes is 1. The summed E-state index contributed by atoms with van der Waals surface area (Å²) < 4.78 is 12.8. The van der Waals surface area contributed by atoms with Crippen molar-refractivity contribution in [2.24, 2.45) is 15.9 Å². The lowest BCUT2D eigenvalue weighted by atomic mass is 10.1. The first-order valence-electron chi connectivity index (χ1n) is 5.73. The number of carbonyl (C=O) groups is 1. The Kier molecular flexibility index (Phi) is 5.70. The van der Waals surface area contributed by atoms with E-state index in [0.29, 0.717) is 17.7 Å². The van der Waals surface area contributed by atoms with Gasteiger partial charge in [-0.1, -0.05) is 13.3 Å². The molecule has 0 aliphatic heterocycles. The average Bonchev–Trinajstić information content (AvgIpc) is 2.40. The summed E-state index contributed by atoms with van der Waals surface area (Å²) in [4.78, 5) is 14.8. The highest BCUT2D eigenvalue weighted by Gasteiger charge is 2.04. The van der Waals surface area contributed by atoms with Crippen molar-refractivity contribution in [1.29, 1.82) is 0 Å². The lowest BCUT2D eigenvalue weighted by Crippen LogP contribution is -2.11. The highest BCUT2D eigenvalue weighted by Crippen LogP contribution is 2.04. The molecular weight excluding hydrogens is 233 g/mol. The van der Waals surface area contributed by atoms with Crippen LogP contribution in [0.25, 0.3) is 0 Å². The van der Waals surface area contributed by atoms with Gasteiger partial charge in [0.25, 0.3) is 0 Å². The molecule has 1 atom stereocenters. The summed E-state index contributed by atoms with van der Waals surface area (Å²) in [6, 6.07) is 5.37. The first-order chi connectivity index (χ1) is 8.71. The number of carbonyl (C=O) groups excluding carboxylic acids is 1. The fourth-order valence-corrected chi connectivity index (χ4v) is 1.44. The molecule has 1 aromatic carbocycles. The van der Waals surface area contributed by atoms with Crippen molar-refractivity contribution in [3.8, 4) is 0 Å². The van der Waals surface area contributed by atoms with Gasteiger partial charge >= 0.3 is 0 Å². The maximum absolute atomic E-state index is 12.8. The van der Waals surface area contributed by atoms with Gasteiger partial charge in [0.2, 0.25) is 0 Å². The quantitative estimate of drug-likeness (QED) is 0.362. The van der Waals surface area contributed by atoms with Crippen molar-refractivity contribution in [2.75, 3.05) is 0 Å². The van der Waals surface area contributed by atoms with Gasteiger partial charge in [0.1, 0.15) is 23.9 Å². The zero-order valence-electron chi connectivity index (χ0n) is 10.2. The van der Waals surface area contributed by atoms with Crippen molar-refractivity contribution >= 4 is 18.2 Å². The molecule has 96 valence electrons. The van der Waals surface area contributed by atoms with Crippen molar-refractivity contribution in [1.82, 2.24) is 0 Å². The topological polar surface area (TPSA) is 67.8 Å². The van der Waals surface area contributed by atoms with Crippen LogP contribution in [0.4, 0.5) is 4.39 Å². The second-order valence-electron chi connectivity index (χ2n) is 3.79. The highest BCUT2D eigenvalue weighted by atomic mass is 19.1. The number of nitrogens with two attached hydrogens (primary N) is 1. The molecular formula is C13H16FN3O. The van der Waals surface area contributed by atoms with E-state index in [1.165, 1.54) is 18.3 Å². The summed E-state index contributed by atoms with van der Waals surface area (Å²) in [5.41, 5.74) is 1.07. The Morgan fingerprint density at radius 3 is 2.61 bits per heavy atom. The molecule has 0 amide bonds. The lowest BCUT2D eigenvalue weighted by Gasteiger charge is -2.03. The second-order valence-corrected chi connectivity index (χ2v) is 3.79. The van der Waals surface area contributed by atoms with Gasteiger partial charge < -0.3 is 10.6 Å². The van der Waals surface area contributed by atoms with E-state index in [-0.39, 0.29) is 11.9 Å². The number of hydrogen-bond acceptors (Lipinski definition) is 4. The van der Waals surface area contributed by atoms with Crippen LogP contribution in [0.1, 0.15) is 25.3 Å². The maximum Gasteiger partial charge on any atom is 0.144 e. The van der Waals surface area contributed by atoms with Gasteiger partial charge in [0.05, 0.1) is 6.21 Å². The molecule has 1 rings (SSSR count). The Bertz CT molecular complexity index is 440. The molecule has 5 heteroatoms. The van der Waals surface area contributed by atoms with E-state index >= 15 is 0 Å². The fourth-order valence-electron chi connectivity index (χ4n) is 1.44. The third-order valence-electron chi connectivity index (χ3n) is 2.41. The summed E-state index contributed by atoms with van der Waals surface area (Å²) in [5.74, 6) is 4.93. The largest absolute Gasteiger partial charge is 0.323 e. The van der Waals surface area contributed by atoms with Crippen LogP contribution < -0.4 is 5.84 Å². The molecule has 2 N–H and O–H groups in total. The van der Waals surface area contributed by atoms with Crippen molar-refractivity contribution in [3.05, 3.63) is 35.6 Å². The minimum absolute atomic E-state index is 0.330. The summed E-state index contributed by atoms with van der Waals surface area (Å²) in [6.45, 7) is 1.98. The van der Waals surface area contributed by atoms with Crippen LogP contribution in [0.3, 0.4) is 0 Å². The smallest absolute Gasteiger partial charge is 0.144 e. The number of benzene rings is 1. The number of halogens is 1. The van der Waals surface area contributed by atoms with Crippen LogP contribution in [0, 0.1) is 5.82 Å². The fraction of sp³-hybridized carbons (Fsp3) is 0.308. The van der Waals surface area contributed by atoms with Gasteiger partial charge in [-0.05, 0) is 30.7 Å². The summed E-state index contributed by atoms with van der Waals surface area (Å²) in [6.07, 6.45) is 3.79. The molecule has 0 bridgehead atoms. The number of nitrogens with zero attached hydrogens (tertiary/aromatic N) is 2. The minimum Gasteiger partial charge on any atom is -0.323 e. The van der Waals surface area contributed by atoms with Crippen LogP contribution >= 0.6 is 0 Å². The molecule has 0 aromatic heterocycles. The molecule has 0 saturated carbocycles. The van der Waals surface area contributed by atoms with E-state index in [1.807, 2.05) is 6.92 Å². The van der Waals surface area contributed by atoms with Crippen LogP contribution in [0.2, 0.25) is 0 Å². The van der Waals surface area contributed by atoms with Gasteiger partial charge in [-0.15, -0.1) is 0 Å². The van der Waals surface area contributed by atoms with E-state index < -0.39 is 0 Å². The summed E-state index contributed by atoms with van der Waals surface area (Å²) in [7, 11) is 0. The molecule has 0 heterocycles. The minimum atomic E-state index is -0.382. The second kappa shape index (κ2) is 7.32. The number of rotatable bonds is 6. The SMILES string of the molecule is CCCC(C=O)N=CC(=NN)c1ccc(F)cc1. The van der Waals surface area contributed by atoms with Gasteiger partial charge in [-0.2, -0.15) is 5.10 Å². The first kappa shape index (κ1) is 14.0. The summed E-state index contributed by atoms with van der Waals surface area (Å²) in [5, 5.41) is 3.58. The number of hydrogen-bond donors (Lipinski definition) is 1. The molecule has 0 spiro atoms. The Hall–Kier alpha value is -2.04. The summed E-state index contributed by atoms with van der Waals surface area (Å²) >= 11 is 0. The van der Waals surface area contributed by atoms with Crippen LogP contribution in [-0.2, 0) is 4.79 Å². The van der Waals surface area contributed by atoms with Crippen molar-refractivity contribution in [3.63, 3.8) is 0 Å². The van der Waals surface area contributed by atoms with Gasteiger partial charge in [-0.25, -0.2) is 4.39 Å². The monoisotopic (exact) mass is 249 g/mol.